The van der Waals surface area contributed by atoms with Crippen molar-refractivity contribution in [1.29, 1.82) is 0 Å². The van der Waals surface area contributed by atoms with E-state index in [0.29, 0.717) is 12.1 Å². The number of rotatable bonds is 0. The first-order valence-electron chi connectivity index (χ1n) is 8.63. The van der Waals surface area contributed by atoms with Gasteiger partial charge in [-0.2, -0.15) is 0 Å². The van der Waals surface area contributed by atoms with Crippen molar-refractivity contribution in [3.05, 3.63) is 0 Å². The minimum absolute atomic E-state index is 0.104. The lowest BCUT2D eigenvalue weighted by atomic mass is 9.76. The molecule has 0 bridgehead atoms. The van der Waals surface area contributed by atoms with Crippen LogP contribution >= 0.6 is 0 Å². The average molecular weight is 277 g/mol. The van der Waals surface area contributed by atoms with E-state index < -0.39 is 0 Å². The molecular weight excluding hydrogens is 246 g/mol. The van der Waals surface area contributed by atoms with E-state index in [-0.39, 0.29) is 11.1 Å². The summed E-state index contributed by atoms with van der Waals surface area (Å²) >= 11 is 0. The molecule has 1 aliphatic heterocycles. The Labute approximate surface area is 124 Å². The monoisotopic (exact) mass is 277 g/mol. The second-order valence-electron chi connectivity index (χ2n) is 8.10. The Bertz CT molecular complexity index is 374. The van der Waals surface area contributed by atoms with Gasteiger partial charge in [0.05, 0.1) is 11.6 Å². The van der Waals surface area contributed by atoms with Crippen molar-refractivity contribution >= 4 is 5.84 Å². The normalized spacial score (nSPS) is 33.5. The lowest BCUT2D eigenvalue weighted by Gasteiger charge is -2.49. The zero-order chi connectivity index (χ0) is 14.2. The third-order valence-electron chi connectivity index (χ3n) is 5.14. The molecule has 3 aliphatic rings. The van der Waals surface area contributed by atoms with E-state index in [4.69, 9.17) is 4.99 Å². The highest BCUT2D eigenvalue weighted by atomic mass is 15.2. The molecule has 3 heteroatoms. The molecule has 0 saturated heterocycles. The maximum Gasteiger partial charge on any atom is 0.118 e. The molecule has 3 rings (SSSR count). The third kappa shape index (κ3) is 2.88. The van der Waals surface area contributed by atoms with Crippen molar-refractivity contribution in [2.75, 3.05) is 0 Å². The van der Waals surface area contributed by atoms with Gasteiger partial charge in [-0.3, -0.25) is 10.3 Å². The van der Waals surface area contributed by atoms with Crippen LogP contribution in [0.5, 0.6) is 0 Å². The minimum Gasteiger partial charge on any atom is -0.368 e. The summed E-state index contributed by atoms with van der Waals surface area (Å²) in [7, 11) is 0. The molecule has 0 aromatic heterocycles. The highest BCUT2D eigenvalue weighted by molar-refractivity contribution is 5.93. The molecular formula is C17H31N3. The van der Waals surface area contributed by atoms with Crippen LogP contribution in [0.15, 0.2) is 4.99 Å². The summed E-state index contributed by atoms with van der Waals surface area (Å²) < 4.78 is 0. The number of hydrogen-bond donors (Lipinski definition) is 2. The van der Waals surface area contributed by atoms with Crippen LogP contribution in [-0.2, 0) is 0 Å². The Balaban J connectivity index is 1.88. The molecule has 20 heavy (non-hydrogen) atoms. The number of nitrogens with one attached hydrogen (secondary N) is 2. The van der Waals surface area contributed by atoms with Gasteiger partial charge >= 0.3 is 0 Å². The second-order valence-corrected chi connectivity index (χ2v) is 8.10. The van der Waals surface area contributed by atoms with Gasteiger partial charge in [-0.05, 0) is 46.5 Å². The SMILES string of the molecule is CC(C)(C)NC1=N[C@@H]2CCCC[C@H]2NC12CCCCC2. The van der Waals surface area contributed by atoms with Crippen molar-refractivity contribution in [3.63, 3.8) is 0 Å². The van der Waals surface area contributed by atoms with Gasteiger partial charge in [0.15, 0.2) is 0 Å². The number of hydrogen-bond acceptors (Lipinski definition) is 3. The van der Waals surface area contributed by atoms with Gasteiger partial charge < -0.3 is 5.32 Å². The molecule has 0 radical (unpaired) electrons. The third-order valence-corrected chi connectivity index (χ3v) is 5.14. The zero-order valence-corrected chi connectivity index (χ0v) is 13.5. The summed E-state index contributed by atoms with van der Waals surface area (Å²) in [5.74, 6) is 1.27. The molecule has 1 spiro atoms. The van der Waals surface area contributed by atoms with Gasteiger partial charge in [0.1, 0.15) is 5.84 Å². The Morgan fingerprint density at radius 3 is 2.45 bits per heavy atom. The fourth-order valence-corrected chi connectivity index (χ4v) is 4.19. The van der Waals surface area contributed by atoms with Crippen molar-refractivity contribution < 1.29 is 0 Å². The first kappa shape index (κ1) is 14.4. The first-order chi connectivity index (χ1) is 9.49. The van der Waals surface area contributed by atoms with Gasteiger partial charge in [0, 0.05) is 11.6 Å². The fraction of sp³-hybridized carbons (Fsp3) is 0.941. The Morgan fingerprint density at radius 1 is 1.05 bits per heavy atom. The minimum atomic E-state index is 0.104. The van der Waals surface area contributed by atoms with Crippen LogP contribution in [-0.4, -0.2) is 29.0 Å². The standard InChI is InChI=1S/C17H31N3/c1-16(2,3)20-15-17(11-7-4-8-12-17)19-14-10-6-5-9-13(14)18-15/h13-14,19H,4-12H2,1-3H3,(H,18,20)/t13-,14-/m1/s1. The molecule has 0 aromatic rings. The van der Waals surface area contributed by atoms with E-state index in [2.05, 4.69) is 31.4 Å². The number of fused-ring (bicyclic) bond motifs is 1. The summed E-state index contributed by atoms with van der Waals surface area (Å²) in [5, 5.41) is 7.79. The summed E-state index contributed by atoms with van der Waals surface area (Å²) in [6.07, 6.45) is 11.9. The lowest BCUT2D eigenvalue weighted by Crippen LogP contribution is -2.68. The van der Waals surface area contributed by atoms with Gasteiger partial charge in [-0.15, -0.1) is 0 Å². The lowest BCUT2D eigenvalue weighted by molar-refractivity contribution is 0.205. The smallest absolute Gasteiger partial charge is 0.118 e. The molecule has 114 valence electrons. The maximum absolute atomic E-state index is 5.21. The first-order valence-corrected chi connectivity index (χ1v) is 8.63. The van der Waals surface area contributed by atoms with Gasteiger partial charge in [0.2, 0.25) is 0 Å². The van der Waals surface area contributed by atoms with E-state index in [1.165, 1.54) is 63.6 Å². The average Bonchev–Trinajstić information content (AvgIpc) is 2.39. The maximum atomic E-state index is 5.21. The van der Waals surface area contributed by atoms with Crippen LogP contribution in [0.25, 0.3) is 0 Å². The predicted octanol–water partition coefficient (Wildman–Crippen LogP) is 3.39. The summed E-state index contributed by atoms with van der Waals surface area (Å²) in [6.45, 7) is 6.75. The van der Waals surface area contributed by atoms with E-state index in [9.17, 15) is 0 Å². The highest BCUT2D eigenvalue weighted by Gasteiger charge is 2.45. The molecule has 0 aromatic carbocycles. The molecule has 2 aliphatic carbocycles. The largest absolute Gasteiger partial charge is 0.368 e. The zero-order valence-electron chi connectivity index (χ0n) is 13.5. The highest BCUT2D eigenvalue weighted by Crippen LogP contribution is 2.36. The predicted molar refractivity (Wildman–Crippen MR) is 85.3 cm³/mol. The molecule has 2 atom stereocenters. The van der Waals surface area contributed by atoms with E-state index in [1.54, 1.807) is 0 Å². The van der Waals surface area contributed by atoms with Crippen molar-refractivity contribution in [3.8, 4) is 0 Å². The van der Waals surface area contributed by atoms with Crippen LogP contribution in [0.2, 0.25) is 0 Å². The van der Waals surface area contributed by atoms with Crippen LogP contribution < -0.4 is 10.6 Å². The fourth-order valence-electron chi connectivity index (χ4n) is 4.19. The van der Waals surface area contributed by atoms with Gasteiger partial charge in [0.25, 0.3) is 0 Å². The van der Waals surface area contributed by atoms with Crippen LogP contribution in [0.4, 0.5) is 0 Å². The van der Waals surface area contributed by atoms with Crippen LogP contribution in [0, 0.1) is 0 Å². The topological polar surface area (TPSA) is 36.4 Å². The van der Waals surface area contributed by atoms with Crippen molar-refractivity contribution in [1.82, 2.24) is 10.6 Å². The number of amidine groups is 1. The Hall–Kier alpha value is -0.570. The summed E-state index contributed by atoms with van der Waals surface area (Å²) in [5.41, 5.74) is 0.260. The van der Waals surface area contributed by atoms with E-state index in [1.807, 2.05) is 0 Å². The second kappa shape index (κ2) is 5.32. The van der Waals surface area contributed by atoms with Gasteiger partial charge in [-0.1, -0.05) is 32.1 Å². The van der Waals surface area contributed by atoms with Crippen LogP contribution in [0.1, 0.15) is 78.6 Å². The number of aliphatic imine (C=N–C) groups is 1. The molecule has 2 fully saturated rings. The molecule has 2 N–H and O–H groups in total. The van der Waals surface area contributed by atoms with Crippen LogP contribution in [0.3, 0.4) is 0 Å². The molecule has 3 nitrogen and oxygen atoms in total. The molecule has 1 heterocycles. The number of nitrogens with zero attached hydrogens (tertiary/aromatic N) is 1. The Kier molecular flexibility index (Phi) is 3.83. The van der Waals surface area contributed by atoms with E-state index >= 15 is 0 Å². The molecule has 2 saturated carbocycles. The molecule has 0 amide bonds. The van der Waals surface area contributed by atoms with Gasteiger partial charge in [-0.25, -0.2) is 0 Å². The quantitative estimate of drug-likeness (QED) is 0.712. The summed E-state index contributed by atoms with van der Waals surface area (Å²) in [6, 6.07) is 1.15. The van der Waals surface area contributed by atoms with Crippen molar-refractivity contribution in [2.24, 2.45) is 4.99 Å². The van der Waals surface area contributed by atoms with E-state index in [0.717, 1.165) is 0 Å². The molecule has 0 unspecified atom stereocenters. The van der Waals surface area contributed by atoms with Crippen molar-refractivity contribution in [2.45, 2.75) is 102 Å². The summed E-state index contributed by atoms with van der Waals surface area (Å²) in [4.78, 5) is 5.21. The Morgan fingerprint density at radius 2 is 1.75 bits per heavy atom.